The highest BCUT2D eigenvalue weighted by Crippen LogP contribution is 2.34. The quantitative estimate of drug-likeness (QED) is 0.307. The van der Waals surface area contributed by atoms with Crippen LogP contribution in [0.5, 0.6) is 17.4 Å². The molecule has 0 unspecified atom stereocenters. The third-order valence-electron chi connectivity index (χ3n) is 5.64. The molecule has 2 aromatic rings. The van der Waals surface area contributed by atoms with Crippen molar-refractivity contribution in [2.45, 2.75) is 38.5 Å². The first-order valence-corrected chi connectivity index (χ1v) is 12.0. The van der Waals surface area contributed by atoms with Gasteiger partial charge in [-0.25, -0.2) is 13.6 Å². The van der Waals surface area contributed by atoms with Crippen LogP contribution in [0.3, 0.4) is 0 Å². The first-order valence-electron chi connectivity index (χ1n) is 11.2. The van der Waals surface area contributed by atoms with Crippen LogP contribution in [0.2, 0.25) is 0 Å². The van der Waals surface area contributed by atoms with E-state index in [0.29, 0.717) is 13.0 Å². The van der Waals surface area contributed by atoms with Crippen molar-refractivity contribution >= 4 is 28.5 Å². The third kappa shape index (κ3) is 6.50. The Hall–Kier alpha value is -3.23. The van der Waals surface area contributed by atoms with Crippen molar-refractivity contribution in [1.82, 2.24) is 14.6 Å². The first-order chi connectivity index (χ1) is 17.3. The summed E-state index contributed by atoms with van der Waals surface area (Å²) in [5.74, 6) is -3.73. The number of benzene rings is 1. The molecule has 36 heavy (non-hydrogen) atoms. The number of carbonyl (C=O) groups is 2. The number of aliphatic hydroxyl groups is 1. The van der Waals surface area contributed by atoms with E-state index in [-0.39, 0.29) is 27.9 Å². The number of anilines is 1. The number of urea groups is 1. The minimum Gasteiger partial charge on any atom is -0.494 e. The Morgan fingerprint density at radius 3 is 2.53 bits per heavy atom. The van der Waals surface area contributed by atoms with E-state index < -0.39 is 42.0 Å². The second kappa shape index (κ2) is 12.6. The number of methoxy groups -OCH3 is 2. The number of primary amides is 1. The summed E-state index contributed by atoms with van der Waals surface area (Å²) < 4.78 is 48.3. The number of nitrogens with one attached hydrogen (secondary N) is 2. The number of nitrogens with two attached hydrogens (primary N) is 1. The Morgan fingerprint density at radius 1 is 1.25 bits per heavy atom. The molecule has 0 aliphatic carbocycles. The van der Waals surface area contributed by atoms with Crippen molar-refractivity contribution in [3.63, 3.8) is 0 Å². The zero-order valence-electron chi connectivity index (χ0n) is 19.9. The Morgan fingerprint density at radius 2 is 1.94 bits per heavy atom. The number of hydrogen-bond donors (Lipinski definition) is 4. The van der Waals surface area contributed by atoms with E-state index in [1.807, 2.05) is 4.90 Å². The lowest BCUT2D eigenvalue weighted by atomic mass is 10.1. The summed E-state index contributed by atoms with van der Waals surface area (Å²) in [5, 5.41) is 15.0. The smallest absolute Gasteiger partial charge is 0.319 e. The van der Waals surface area contributed by atoms with Crippen LogP contribution in [0.1, 0.15) is 41.6 Å². The van der Waals surface area contributed by atoms with Gasteiger partial charge in [-0.1, -0.05) is 0 Å². The second-order valence-corrected chi connectivity index (χ2v) is 8.75. The van der Waals surface area contributed by atoms with Gasteiger partial charge in [0.25, 0.3) is 5.91 Å². The normalized spacial score (nSPS) is 15.5. The van der Waals surface area contributed by atoms with Crippen LogP contribution >= 0.6 is 11.5 Å². The van der Waals surface area contributed by atoms with E-state index in [1.54, 1.807) is 0 Å². The highest BCUT2D eigenvalue weighted by Gasteiger charge is 2.25. The fourth-order valence-electron chi connectivity index (χ4n) is 3.74. The summed E-state index contributed by atoms with van der Waals surface area (Å²) in [6.07, 6.45) is 2.85. The maximum absolute atomic E-state index is 14.6. The van der Waals surface area contributed by atoms with Crippen LogP contribution in [0.25, 0.3) is 0 Å². The Labute approximate surface area is 210 Å². The molecule has 1 saturated heterocycles. The number of unbranched alkanes of at least 4 members (excludes halogenated alkanes) is 1. The maximum atomic E-state index is 14.6. The molecule has 3 rings (SSSR count). The number of carbonyl (C=O) groups excluding carboxylic acids is 2. The Balaban J connectivity index is 1.58. The molecule has 14 heteroatoms. The topological polar surface area (TPSA) is 148 Å². The first kappa shape index (κ1) is 27.4. The standard InChI is InChI=1S/C22H29F2N5O6S/c1-33-13-10-14(34-2)18(24)12(17(13)23)11-35-20-16(19(25)31)21(36-28-20)27-22(32)26-7-3-4-8-29-9-5-6-15(29)30/h10,15,30H,3-9,11H2,1-2H3,(H2,25,31)(H2,26,27,32)/t15-/m0/s1. The monoisotopic (exact) mass is 529 g/mol. The second-order valence-electron chi connectivity index (χ2n) is 7.98. The summed E-state index contributed by atoms with van der Waals surface area (Å²) in [4.78, 5) is 26.3. The highest BCUT2D eigenvalue weighted by atomic mass is 32.1. The molecule has 1 aromatic heterocycles. The van der Waals surface area contributed by atoms with E-state index >= 15 is 0 Å². The SMILES string of the molecule is COc1cc(OC)c(F)c(COc2nsc(NC(=O)NCCCCN3CCC[C@@H]3O)c2C(N)=O)c1F. The van der Waals surface area contributed by atoms with Gasteiger partial charge in [-0.3, -0.25) is 15.0 Å². The zero-order chi connectivity index (χ0) is 26.2. The van der Waals surface area contributed by atoms with E-state index in [9.17, 15) is 23.5 Å². The van der Waals surface area contributed by atoms with Crippen LogP contribution in [-0.2, 0) is 6.61 Å². The number of nitrogens with zero attached hydrogens (tertiary/aromatic N) is 2. The number of ether oxygens (including phenoxy) is 3. The highest BCUT2D eigenvalue weighted by molar-refractivity contribution is 7.11. The van der Waals surface area contributed by atoms with Crippen LogP contribution in [0, 0.1) is 11.6 Å². The van der Waals surface area contributed by atoms with E-state index in [0.717, 1.165) is 50.0 Å². The van der Waals surface area contributed by atoms with Gasteiger partial charge in [0.05, 0.1) is 19.8 Å². The molecule has 0 saturated carbocycles. The molecule has 0 bridgehead atoms. The molecule has 1 fully saturated rings. The van der Waals surface area contributed by atoms with Crippen molar-refractivity contribution in [2.24, 2.45) is 5.73 Å². The summed E-state index contributed by atoms with van der Waals surface area (Å²) >= 11 is 0.733. The predicted molar refractivity (Wildman–Crippen MR) is 127 cm³/mol. The van der Waals surface area contributed by atoms with Gasteiger partial charge in [0.1, 0.15) is 23.4 Å². The van der Waals surface area contributed by atoms with Gasteiger partial charge in [0.15, 0.2) is 23.1 Å². The van der Waals surface area contributed by atoms with Gasteiger partial charge in [-0.2, -0.15) is 4.37 Å². The average Bonchev–Trinajstić information content (AvgIpc) is 3.44. The number of aromatic nitrogens is 1. The molecule has 5 N–H and O–H groups in total. The number of likely N-dealkylation sites (tertiary alicyclic amines) is 1. The molecule has 0 radical (unpaired) electrons. The lowest BCUT2D eigenvalue weighted by Crippen LogP contribution is -2.32. The van der Waals surface area contributed by atoms with Crippen LogP contribution in [0.4, 0.5) is 18.6 Å². The Kier molecular flexibility index (Phi) is 9.61. The van der Waals surface area contributed by atoms with Crippen molar-refractivity contribution in [2.75, 3.05) is 39.2 Å². The minimum absolute atomic E-state index is 0.0272. The van der Waals surface area contributed by atoms with E-state index in [2.05, 4.69) is 15.0 Å². The average molecular weight is 530 g/mol. The molecule has 1 aliphatic rings. The number of aliphatic hydroxyl groups excluding tert-OH is 1. The van der Waals surface area contributed by atoms with Crippen molar-refractivity contribution in [3.05, 3.63) is 28.8 Å². The molecule has 1 aliphatic heterocycles. The molecular weight excluding hydrogens is 500 g/mol. The minimum atomic E-state index is -0.997. The maximum Gasteiger partial charge on any atom is 0.319 e. The van der Waals surface area contributed by atoms with Crippen LogP contribution < -0.4 is 30.6 Å². The van der Waals surface area contributed by atoms with Crippen molar-refractivity contribution in [1.29, 1.82) is 0 Å². The number of halogens is 2. The van der Waals surface area contributed by atoms with Gasteiger partial charge < -0.3 is 30.4 Å². The van der Waals surface area contributed by atoms with Crippen molar-refractivity contribution in [3.8, 4) is 17.4 Å². The third-order valence-corrected chi connectivity index (χ3v) is 6.38. The molecule has 11 nitrogen and oxygen atoms in total. The van der Waals surface area contributed by atoms with Crippen LogP contribution in [0.15, 0.2) is 6.07 Å². The molecule has 1 atom stereocenters. The van der Waals surface area contributed by atoms with Gasteiger partial charge in [-0.15, -0.1) is 0 Å². The van der Waals surface area contributed by atoms with Gasteiger partial charge in [0.2, 0.25) is 5.88 Å². The number of hydrogen-bond acceptors (Lipinski definition) is 9. The Bertz CT molecular complexity index is 1060. The lowest BCUT2D eigenvalue weighted by Gasteiger charge is -2.19. The lowest BCUT2D eigenvalue weighted by molar-refractivity contribution is 0.0373. The number of rotatable bonds is 12. The van der Waals surface area contributed by atoms with Gasteiger partial charge >= 0.3 is 6.03 Å². The van der Waals surface area contributed by atoms with Crippen molar-refractivity contribution < 1.29 is 37.7 Å². The molecule has 2 heterocycles. The zero-order valence-corrected chi connectivity index (χ0v) is 20.8. The molecular formula is C22H29F2N5O6S. The fraction of sp³-hybridized carbons (Fsp3) is 0.500. The van der Waals surface area contributed by atoms with Gasteiger partial charge in [0, 0.05) is 25.7 Å². The summed E-state index contributed by atoms with van der Waals surface area (Å²) in [5.41, 5.74) is 4.70. The summed E-state index contributed by atoms with van der Waals surface area (Å²) in [6, 6.07) is 0.478. The molecule has 1 aromatic carbocycles. The van der Waals surface area contributed by atoms with Crippen LogP contribution in [-0.4, -0.2) is 66.4 Å². The summed E-state index contributed by atoms with van der Waals surface area (Å²) in [6.45, 7) is 1.34. The largest absolute Gasteiger partial charge is 0.494 e. The molecule has 0 spiro atoms. The van der Waals surface area contributed by atoms with E-state index in [4.69, 9.17) is 19.9 Å². The predicted octanol–water partition coefficient (Wildman–Crippen LogP) is 2.43. The number of amides is 3. The molecule has 198 valence electrons. The van der Waals surface area contributed by atoms with E-state index in [1.165, 1.54) is 14.2 Å². The summed E-state index contributed by atoms with van der Waals surface area (Å²) in [7, 11) is 2.43. The fourth-order valence-corrected chi connectivity index (χ4v) is 4.47. The molecule has 3 amide bonds. The van der Waals surface area contributed by atoms with Gasteiger partial charge in [-0.05, 0) is 37.2 Å².